The summed E-state index contributed by atoms with van der Waals surface area (Å²) in [7, 11) is 0. The zero-order valence-electron chi connectivity index (χ0n) is 14.6. The average Bonchev–Trinajstić information content (AvgIpc) is 3.25. The molecule has 0 aliphatic rings. The highest BCUT2D eigenvalue weighted by Crippen LogP contribution is 2.23. The van der Waals surface area contributed by atoms with Crippen molar-refractivity contribution in [2.24, 2.45) is 0 Å². The molecule has 0 radical (unpaired) electrons. The third-order valence-electron chi connectivity index (χ3n) is 4.21. The first-order chi connectivity index (χ1) is 13.1. The molecule has 0 atom stereocenters. The zero-order chi connectivity index (χ0) is 18.8. The summed E-state index contributed by atoms with van der Waals surface area (Å²) in [5.74, 6) is 1.02. The Kier molecular flexibility index (Phi) is 4.77. The monoisotopic (exact) mass is 425 g/mol. The number of benzene rings is 1. The summed E-state index contributed by atoms with van der Waals surface area (Å²) in [5, 5.41) is 5.25. The molecule has 1 aromatic carbocycles. The maximum Gasteiger partial charge on any atom is 0.341 e. The van der Waals surface area contributed by atoms with Crippen LogP contribution in [0.5, 0.6) is 0 Å². The summed E-state index contributed by atoms with van der Waals surface area (Å²) in [6.45, 7) is 2.05. The molecule has 7 heteroatoms. The van der Waals surface area contributed by atoms with Crippen molar-refractivity contribution in [2.75, 3.05) is 6.61 Å². The Morgan fingerprint density at radius 1 is 1.26 bits per heavy atom. The van der Waals surface area contributed by atoms with Crippen molar-refractivity contribution in [1.82, 2.24) is 14.8 Å². The third kappa shape index (κ3) is 3.64. The normalized spacial score (nSPS) is 11.0. The number of fused-ring (bicyclic) bond motifs is 1. The first-order valence-corrected chi connectivity index (χ1v) is 9.22. The van der Waals surface area contributed by atoms with Gasteiger partial charge in [0.05, 0.1) is 18.5 Å². The molecule has 0 unspecified atom stereocenters. The standard InChI is InChI=1S/C20H16BrN3O3/c1-13-17(12-23-24(13)19-4-2-3-8-22-19)20(25)26-9-7-16-11-14-10-15(21)5-6-18(14)27-16/h2-6,8,10-12H,7,9H2,1H3. The number of furan rings is 1. The predicted octanol–water partition coefficient (Wildman–Crippen LogP) is 4.48. The fraction of sp³-hybridized carbons (Fsp3) is 0.150. The Morgan fingerprint density at radius 2 is 2.15 bits per heavy atom. The molecule has 3 heterocycles. The number of hydrogen-bond acceptors (Lipinski definition) is 5. The molecule has 0 fully saturated rings. The van der Waals surface area contributed by atoms with Gasteiger partial charge in [0.25, 0.3) is 0 Å². The molecule has 4 rings (SSSR count). The van der Waals surface area contributed by atoms with Crippen molar-refractivity contribution in [2.45, 2.75) is 13.3 Å². The van der Waals surface area contributed by atoms with E-state index in [0.717, 1.165) is 21.2 Å². The van der Waals surface area contributed by atoms with Gasteiger partial charge in [-0.1, -0.05) is 22.0 Å². The van der Waals surface area contributed by atoms with Crippen LogP contribution in [0.4, 0.5) is 0 Å². The zero-order valence-corrected chi connectivity index (χ0v) is 16.1. The van der Waals surface area contributed by atoms with Crippen molar-refractivity contribution in [3.05, 3.63) is 76.3 Å². The maximum atomic E-state index is 12.4. The van der Waals surface area contributed by atoms with E-state index >= 15 is 0 Å². The molecular weight excluding hydrogens is 410 g/mol. The lowest BCUT2D eigenvalue weighted by Crippen LogP contribution is -2.09. The molecule has 0 saturated heterocycles. The van der Waals surface area contributed by atoms with Gasteiger partial charge in [-0.2, -0.15) is 5.10 Å². The average molecular weight is 426 g/mol. The van der Waals surface area contributed by atoms with Gasteiger partial charge in [-0.05, 0) is 43.3 Å². The predicted molar refractivity (Wildman–Crippen MR) is 104 cm³/mol. The highest BCUT2D eigenvalue weighted by molar-refractivity contribution is 9.10. The van der Waals surface area contributed by atoms with Crippen LogP contribution in [0.1, 0.15) is 21.8 Å². The van der Waals surface area contributed by atoms with Gasteiger partial charge in [-0.25, -0.2) is 14.5 Å². The number of halogens is 1. The summed E-state index contributed by atoms with van der Waals surface area (Å²) < 4.78 is 13.8. The molecule has 4 aromatic rings. The summed E-state index contributed by atoms with van der Waals surface area (Å²) in [4.78, 5) is 16.6. The van der Waals surface area contributed by atoms with E-state index in [-0.39, 0.29) is 6.61 Å². The van der Waals surface area contributed by atoms with Crippen molar-refractivity contribution >= 4 is 32.9 Å². The van der Waals surface area contributed by atoms with Gasteiger partial charge in [0, 0.05) is 22.5 Å². The minimum absolute atomic E-state index is 0.230. The van der Waals surface area contributed by atoms with Gasteiger partial charge in [-0.3, -0.25) is 0 Å². The molecular formula is C20H16BrN3O3. The van der Waals surface area contributed by atoms with Crippen molar-refractivity contribution in [1.29, 1.82) is 0 Å². The molecule has 3 aromatic heterocycles. The summed E-state index contributed by atoms with van der Waals surface area (Å²) in [6.07, 6.45) is 3.69. The van der Waals surface area contributed by atoms with Crippen LogP contribution in [0, 0.1) is 6.92 Å². The lowest BCUT2D eigenvalue weighted by atomic mass is 10.2. The highest BCUT2D eigenvalue weighted by Gasteiger charge is 2.17. The molecule has 27 heavy (non-hydrogen) atoms. The van der Waals surface area contributed by atoms with Gasteiger partial charge in [0.15, 0.2) is 5.82 Å². The second-order valence-electron chi connectivity index (χ2n) is 6.02. The number of carbonyl (C=O) groups is 1. The minimum atomic E-state index is -0.409. The number of pyridine rings is 1. The number of carbonyl (C=O) groups excluding carboxylic acids is 1. The third-order valence-corrected chi connectivity index (χ3v) is 4.70. The smallest absolute Gasteiger partial charge is 0.341 e. The quantitative estimate of drug-likeness (QED) is 0.440. The molecule has 0 amide bonds. The second-order valence-corrected chi connectivity index (χ2v) is 6.94. The first-order valence-electron chi connectivity index (χ1n) is 8.43. The maximum absolute atomic E-state index is 12.4. The van der Waals surface area contributed by atoms with Gasteiger partial charge in [0.1, 0.15) is 16.9 Å². The van der Waals surface area contributed by atoms with E-state index in [2.05, 4.69) is 26.0 Å². The van der Waals surface area contributed by atoms with Crippen LogP contribution in [0.2, 0.25) is 0 Å². The number of ether oxygens (including phenoxy) is 1. The number of rotatable bonds is 5. The fourth-order valence-electron chi connectivity index (χ4n) is 2.83. The van der Waals surface area contributed by atoms with Gasteiger partial charge in [0.2, 0.25) is 0 Å². The fourth-order valence-corrected chi connectivity index (χ4v) is 3.21. The second kappa shape index (κ2) is 7.36. The largest absolute Gasteiger partial charge is 0.462 e. The number of nitrogens with zero attached hydrogens (tertiary/aromatic N) is 3. The van der Waals surface area contributed by atoms with Crippen molar-refractivity contribution < 1.29 is 13.9 Å². The van der Waals surface area contributed by atoms with Crippen LogP contribution in [0.25, 0.3) is 16.8 Å². The van der Waals surface area contributed by atoms with E-state index in [0.29, 0.717) is 23.5 Å². The first kappa shape index (κ1) is 17.5. The number of esters is 1. The van der Waals surface area contributed by atoms with Crippen LogP contribution in [-0.2, 0) is 11.2 Å². The van der Waals surface area contributed by atoms with Crippen molar-refractivity contribution in [3.8, 4) is 5.82 Å². The number of aromatic nitrogens is 3. The Bertz CT molecular complexity index is 1100. The van der Waals surface area contributed by atoms with Crippen LogP contribution < -0.4 is 0 Å². The lowest BCUT2D eigenvalue weighted by Gasteiger charge is -2.05. The highest BCUT2D eigenvalue weighted by atomic mass is 79.9. The molecule has 0 saturated carbocycles. The van der Waals surface area contributed by atoms with Crippen LogP contribution in [0.3, 0.4) is 0 Å². The Hall–Kier alpha value is -2.93. The van der Waals surface area contributed by atoms with E-state index in [1.165, 1.54) is 6.20 Å². The lowest BCUT2D eigenvalue weighted by molar-refractivity contribution is 0.0504. The van der Waals surface area contributed by atoms with Gasteiger partial charge in [-0.15, -0.1) is 0 Å². The van der Waals surface area contributed by atoms with Gasteiger partial charge >= 0.3 is 5.97 Å². The minimum Gasteiger partial charge on any atom is -0.462 e. The summed E-state index contributed by atoms with van der Waals surface area (Å²) in [5.41, 5.74) is 1.92. The Labute approximate surface area is 163 Å². The topological polar surface area (TPSA) is 70.2 Å². The van der Waals surface area contributed by atoms with E-state index < -0.39 is 5.97 Å². The van der Waals surface area contributed by atoms with E-state index in [9.17, 15) is 4.79 Å². The van der Waals surface area contributed by atoms with Gasteiger partial charge < -0.3 is 9.15 Å². The summed E-state index contributed by atoms with van der Waals surface area (Å²) in [6, 6.07) is 13.3. The van der Waals surface area contributed by atoms with Crippen LogP contribution >= 0.6 is 15.9 Å². The Morgan fingerprint density at radius 3 is 2.96 bits per heavy atom. The molecule has 0 aliphatic carbocycles. The molecule has 6 nitrogen and oxygen atoms in total. The van der Waals surface area contributed by atoms with E-state index in [4.69, 9.17) is 9.15 Å². The molecule has 0 spiro atoms. The Balaban J connectivity index is 1.41. The van der Waals surface area contributed by atoms with Crippen molar-refractivity contribution in [3.63, 3.8) is 0 Å². The van der Waals surface area contributed by atoms with Crippen LogP contribution in [0.15, 0.2) is 63.7 Å². The SMILES string of the molecule is Cc1c(C(=O)OCCc2cc3cc(Br)ccc3o2)cnn1-c1ccccn1. The molecule has 0 bridgehead atoms. The van der Waals surface area contributed by atoms with Crippen LogP contribution in [-0.4, -0.2) is 27.3 Å². The number of hydrogen-bond donors (Lipinski definition) is 0. The van der Waals surface area contributed by atoms with E-state index in [1.54, 1.807) is 10.9 Å². The van der Waals surface area contributed by atoms with E-state index in [1.807, 2.05) is 49.4 Å². The molecule has 0 N–H and O–H groups in total. The molecule has 136 valence electrons. The summed E-state index contributed by atoms with van der Waals surface area (Å²) >= 11 is 3.44. The molecule has 0 aliphatic heterocycles.